The number of hydrogen-bond acceptors (Lipinski definition) is 5. The Labute approximate surface area is 145 Å². The second kappa shape index (κ2) is 5.18. The number of fused-ring (bicyclic) bond motifs is 4. The number of hydrogen-bond donors (Lipinski definition) is 1. The molecule has 1 aromatic rings. The van der Waals surface area contributed by atoms with Crippen molar-refractivity contribution in [2.75, 3.05) is 0 Å². The minimum atomic E-state index is -1.02. The van der Waals surface area contributed by atoms with Gasteiger partial charge in [-0.15, -0.1) is 0 Å². The smallest absolute Gasteiger partial charge is 0.334 e. The lowest BCUT2D eigenvalue weighted by atomic mass is 9.53. The zero-order valence-electron chi connectivity index (χ0n) is 14.3. The molecule has 4 rings (SSSR count). The first kappa shape index (κ1) is 15.9. The summed E-state index contributed by atoms with van der Waals surface area (Å²) in [4.78, 5) is 36.0. The molecule has 0 radical (unpaired) electrons. The molecule has 4 atom stereocenters. The predicted octanol–water partition coefficient (Wildman–Crippen LogP) is 1.54. The Bertz CT molecular complexity index is 822. The zero-order chi connectivity index (χ0) is 17.9. The van der Waals surface area contributed by atoms with Gasteiger partial charge in [0, 0.05) is 0 Å². The fourth-order valence-electron chi connectivity index (χ4n) is 4.48. The number of amides is 2. The van der Waals surface area contributed by atoms with Crippen molar-refractivity contribution in [3.8, 4) is 0 Å². The van der Waals surface area contributed by atoms with Crippen molar-refractivity contribution in [1.29, 1.82) is 0 Å². The molecule has 1 saturated carbocycles. The summed E-state index contributed by atoms with van der Waals surface area (Å²) in [5.41, 5.74) is 2.22. The molecule has 3 aliphatic rings. The normalized spacial score (nSPS) is 32.8. The lowest BCUT2D eigenvalue weighted by Crippen LogP contribution is -2.66. The van der Waals surface area contributed by atoms with Crippen LogP contribution in [0.3, 0.4) is 0 Å². The highest BCUT2D eigenvalue weighted by atomic mass is 16.6. The molecule has 1 aromatic carbocycles. The van der Waals surface area contributed by atoms with E-state index < -0.39 is 29.3 Å². The van der Waals surface area contributed by atoms with Gasteiger partial charge < -0.3 is 9.47 Å². The average Bonchev–Trinajstić information content (AvgIpc) is 2.74. The third kappa shape index (κ3) is 2.27. The van der Waals surface area contributed by atoms with E-state index in [4.69, 9.17) is 9.47 Å². The van der Waals surface area contributed by atoms with E-state index in [0.717, 1.165) is 16.7 Å². The van der Waals surface area contributed by atoms with Crippen molar-refractivity contribution in [1.82, 2.24) is 5.32 Å². The average molecular weight is 341 g/mol. The van der Waals surface area contributed by atoms with Crippen molar-refractivity contribution in [2.45, 2.75) is 33.0 Å². The van der Waals surface area contributed by atoms with Crippen molar-refractivity contribution in [2.24, 2.45) is 17.8 Å². The van der Waals surface area contributed by atoms with Crippen molar-refractivity contribution in [3.05, 3.63) is 46.7 Å². The number of rotatable bonds is 3. The molecule has 2 heterocycles. The van der Waals surface area contributed by atoms with Gasteiger partial charge in [0.2, 0.25) is 11.8 Å². The maximum atomic E-state index is 12.1. The maximum Gasteiger partial charge on any atom is 0.334 e. The van der Waals surface area contributed by atoms with Crippen LogP contribution in [-0.2, 0) is 30.5 Å². The van der Waals surface area contributed by atoms with Crippen LogP contribution < -0.4 is 5.32 Å². The van der Waals surface area contributed by atoms with Crippen LogP contribution >= 0.6 is 0 Å². The molecule has 6 heteroatoms. The molecule has 2 fully saturated rings. The molecule has 1 aliphatic carbocycles. The number of nitrogens with one attached hydrogen (secondary N) is 1. The molecule has 0 bridgehead atoms. The first-order valence-corrected chi connectivity index (χ1v) is 8.29. The Morgan fingerprint density at radius 2 is 1.76 bits per heavy atom. The number of imide groups is 1. The summed E-state index contributed by atoms with van der Waals surface area (Å²) in [7, 11) is 0. The Hall–Kier alpha value is -2.63. The lowest BCUT2D eigenvalue weighted by molar-refractivity contribution is -0.212. The Balaban J connectivity index is 1.60. The molecule has 0 spiro atoms. The van der Waals surface area contributed by atoms with E-state index >= 15 is 0 Å². The largest absolute Gasteiger partial charge is 0.492 e. The van der Waals surface area contributed by atoms with Crippen LogP contribution in [-0.4, -0.2) is 23.4 Å². The van der Waals surface area contributed by atoms with Gasteiger partial charge in [-0.1, -0.05) is 29.3 Å². The fraction of sp³-hybridized carbons (Fsp3) is 0.421. The summed E-state index contributed by atoms with van der Waals surface area (Å²) >= 11 is 0. The minimum absolute atomic E-state index is 0.293. The van der Waals surface area contributed by atoms with Crippen LogP contribution in [0.15, 0.2) is 30.0 Å². The highest BCUT2D eigenvalue weighted by Crippen LogP contribution is 2.58. The van der Waals surface area contributed by atoms with Crippen LogP contribution in [0.25, 0.3) is 0 Å². The maximum absolute atomic E-state index is 12.1. The Morgan fingerprint density at radius 3 is 2.44 bits per heavy atom. The van der Waals surface area contributed by atoms with E-state index in [1.54, 1.807) is 6.92 Å². The number of aryl methyl sites for hydroxylation is 2. The second-order valence-corrected chi connectivity index (χ2v) is 7.27. The summed E-state index contributed by atoms with van der Waals surface area (Å²) in [5.74, 6) is -2.41. The van der Waals surface area contributed by atoms with Crippen molar-refractivity contribution >= 4 is 17.8 Å². The topological polar surface area (TPSA) is 81.7 Å². The van der Waals surface area contributed by atoms with E-state index in [1.165, 1.54) is 6.08 Å². The number of carbonyl (C=O) groups is 3. The molecule has 130 valence electrons. The molecule has 6 nitrogen and oxygen atoms in total. The van der Waals surface area contributed by atoms with Crippen LogP contribution in [0, 0.1) is 31.6 Å². The van der Waals surface area contributed by atoms with Crippen molar-refractivity contribution in [3.63, 3.8) is 0 Å². The molecule has 0 aromatic heterocycles. The van der Waals surface area contributed by atoms with Gasteiger partial charge in [0.25, 0.3) is 0 Å². The molecule has 2 aliphatic heterocycles. The minimum Gasteiger partial charge on any atom is -0.492 e. The molecular weight excluding hydrogens is 322 g/mol. The monoisotopic (exact) mass is 341 g/mol. The van der Waals surface area contributed by atoms with Gasteiger partial charge in [0.1, 0.15) is 18.0 Å². The van der Waals surface area contributed by atoms with Gasteiger partial charge in [0.15, 0.2) is 0 Å². The van der Waals surface area contributed by atoms with Gasteiger partial charge >= 0.3 is 5.97 Å². The van der Waals surface area contributed by atoms with Crippen molar-refractivity contribution < 1.29 is 23.9 Å². The summed E-state index contributed by atoms with van der Waals surface area (Å²) < 4.78 is 11.3. The molecular formula is C19H19NO5. The fourth-order valence-corrected chi connectivity index (χ4v) is 4.48. The molecule has 0 unspecified atom stereocenters. The Morgan fingerprint density at radius 1 is 1.08 bits per heavy atom. The Kier molecular flexibility index (Phi) is 3.29. The van der Waals surface area contributed by atoms with Crippen LogP contribution in [0.1, 0.15) is 23.6 Å². The number of esters is 1. The van der Waals surface area contributed by atoms with E-state index in [2.05, 4.69) is 11.4 Å². The third-order valence-electron chi connectivity index (χ3n) is 5.36. The number of benzene rings is 1. The van der Waals surface area contributed by atoms with E-state index in [-0.39, 0.29) is 11.8 Å². The van der Waals surface area contributed by atoms with Crippen LogP contribution in [0.4, 0.5) is 0 Å². The first-order chi connectivity index (χ1) is 11.8. The lowest BCUT2D eigenvalue weighted by Gasteiger charge is -2.54. The zero-order valence-corrected chi connectivity index (χ0v) is 14.3. The standard InChI is InChI=1S/C19H19NO5/c1-9-4-10(2)6-11(5-9)8-24-12-7-13(21)25-19(3)15(12)14-16(19)18(23)20-17(14)22/h4-7,14-16H,8H2,1-3H3,(H,20,22,23)/t14-,15+,16+,19+/m0/s1. The second-order valence-electron chi connectivity index (χ2n) is 7.27. The van der Waals surface area contributed by atoms with E-state index in [9.17, 15) is 14.4 Å². The van der Waals surface area contributed by atoms with E-state index in [1.807, 2.05) is 26.0 Å². The third-order valence-corrected chi connectivity index (χ3v) is 5.36. The van der Waals surface area contributed by atoms with E-state index in [0.29, 0.717) is 12.4 Å². The van der Waals surface area contributed by atoms with Gasteiger partial charge in [-0.25, -0.2) is 4.79 Å². The summed E-state index contributed by atoms with van der Waals surface area (Å²) in [6.07, 6.45) is 1.29. The summed E-state index contributed by atoms with van der Waals surface area (Å²) in [6.45, 7) is 6.01. The number of carbonyl (C=O) groups excluding carboxylic acids is 3. The quantitative estimate of drug-likeness (QED) is 0.666. The molecule has 2 amide bonds. The van der Waals surface area contributed by atoms with Crippen LogP contribution in [0.5, 0.6) is 0 Å². The molecule has 1 N–H and O–H groups in total. The highest BCUT2D eigenvalue weighted by molar-refractivity contribution is 6.08. The van der Waals surface area contributed by atoms with Crippen LogP contribution in [0.2, 0.25) is 0 Å². The molecule has 25 heavy (non-hydrogen) atoms. The summed E-state index contributed by atoms with van der Waals surface area (Å²) in [5, 5.41) is 2.33. The highest BCUT2D eigenvalue weighted by Gasteiger charge is 2.73. The van der Waals surface area contributed by atoms with Gasteiger partial charge in [0.05, 0.1) is 23.8 Å². The summed E-state index contributed by atoms with van der Waals surface area (Å²) in [6, 6.07) is 6.11. The first-order valence-electron chi connectivity index (χ1n) is 8.29. The molecule has 1 saturated heterocycles. The van der Waals surface area contributed by atoms with Gasteiger partial charge in [-0.05, 0) is 26.3 Å². The SMILES string of the molecule is Cc1cc(C)cc(COC2=CC(=O)O[C@]3(C)[C@H]2[C@@H]2C(=O)NC(=O)[C@@H]23)c1. The van der Waals surface area contributed by atoms with Gasteiger partial charge in [-0.2, -0.15) is 0 Å². The predicted molar refractivity (Wildman–Crippen MR) is 86.9 cm³/mol. The number of ether oxygens (including phenoxy) is 2. The van der Waals surface area contributed by atoms with Gasteiger partial charge in [-0.3, -0.25) is 14.9 Å².